The van der Waals surface area contributed by atoms with Gasteiger partial charge in [-0.2, -0.15) is 0 Å². The highest BCUT2D eigenvalue weighted by Gasteiger charge is 2.34. The smallest absolute Gasteiger partial charge is 0.408 e. The number of amides is 4. The Morgan fingerprint density at radius 2 is 1.27 bits per heavy atom. The Morgan fingerprint density at radius 1 is 0.727 bits per heavy atom. The molecule has 4 amide bonds. The summed E-state index contributed by atoms with van der Waals surface area (Å²) in [4.78, 5) is 97.2. The highest BCUT2D eigenvalue weighted by Crippen LogP contribution is 2.08. The van der Waals surface area contributed by atoms with Crippen LogP contribution in [0.3, 0.4) is 0 Å². The molecule has 0 aliphatic rings. The third-order valence-corrected chi connectivity index (χ3v) is 6.21. The van der Waals surface area contributed by atoms with Crippen LogP contribution in [-0.2, 0) is 44.9 Å². The summed E-state index contributed by atoms with van der Waals surface area (Å²) in [6.07, 6.45) is -3.96. The van der Waals surface area contributed by atoms with Crippen LogP contribution in [0, 0.1) is 5.92 Å². The number of ether oxygens (including phenoxy) is 1. The fourth-order valence-corrected chi connectivity index (χ4v) is 3.85. The molecule has 0 saturated heterocycles. The summed E-state index contributed by atoms with van der Waals surface area (Å²) < 4.78 is 5.01. The Hall–Kier alpha value is -4.73. The number of halogens is 1. The minimum Gasteiger partial charge on any atom is -0.481 e. The van der Waals surface area contributed by atoms with Crippen LogP contribution in [0.15, 0.2) is 30.3 Å². The molecule has 0 spiro atoms. The number of rotatable bonds is 19. The zero-order chi connectivity index (χ0) is 33.4. The van der Waals surface area contributed by atoms with E-state index in [1.54, 1.807) is 30.3 Å². The number of carboxylic acids is 3. The van der Waals surface area contributed by atoms with Crippen molar-refractivity contribution in [1.29, 1.82) is 0 Å². The van der Waals surface area contributed by atoms with Gasteiger partial charge in [-0.15, -0.1) is 11.6 Å². The lowest BCUT2D eigenvalue weighted by Crippen LogP contribution is -2.59. The van der Waals surface area contributed by atoms with Gasteiger partial charge in [-0.25, -0.2) is 4.79 Å². The maximum atomic E-state index is 13.2. The number of hydrogen-bond acceptors (Lipinski definition) is 9. The Bertz CT molecular complexity index is 1210. The van der Waals surface area contributed by atoms with E-state index in [-0.39, 0.29) is 6.61 Å². The van der Waals surface area contributed by atoms with Crippen molar-refractivity contribution in [3.63, 3.8) is 0 Å². The summed E-state index contributed by atoms with van der Waals surface area (Å²) in [6, 6.07) is 2.21. The fraction of sp³-hybridized carbons (Fsp3) is 0.481. The Labute approximate surface area is 256 Å². The van der Waals surface area contributed by atoms with Crippen molar-refractivity contribution in [2.24, 2.45) is 5.92 Å². The molecule has 16 nitrogen and oxygen atoms in total. The molecule has 0 aromatic heterocycles. The van der Waals surface area contributed by atoms with Crippen LogP contribution in [0.1, 0.15) is 45.1 Å². The van der Waals surface area contributed by atoms with E-state index in [2.05, 4.69) is 21.3 Å². The third-order valence-electron chi connectivity index (χ3n) is 5.94. The Balaban J connectivity index is 3.08. The Kier molecular flexibility index (Phi) is 15.9. The molecule has 0 radical (unpaired) electrons. The maximum absolute atomic E-state index is 13.2. The van der Waals surface area contributed by atoms with E-state index >= 15 is 0 Å². The predicted octanol–water partition coefficient (Wildman–Crippen LogP) is 0.0139. The molecule has 0 bridgehead atoms. The van der Waals surface area contributed by atoms with Crippen LogP contribution in [0.2, 0.25) is 0 Å². The average molecular weight is 643 g/mol. The topological polar surface area (TPSA) is 255 Å². The molecule has 7 N–H and O–H groups in total. The van der Waals surface area contributed by atoms with Crippen molar-refractivity contribution in [2.45, 2.75) is 70.3 Å². The SMILES string of the molecule is CC(C)[C@H](NC(=O)[C@H](CCC(=O)O)NC(=O)[C@@H](CC(=O)O)NC(=O)OCc1ccccc1)C(=O)N[C@@H](CC(=O)O)C(=O)CCl. The molecule has 1 rings (SSSR count). The number of aliphatic carboxylic acids is 3. The van der Waals surface area contributed by atoms with Gasteiger partial charge in [0.2, 0.25) is 17.7 Å². The molecule has 0 saturated carbocycles. The van der Waals surface area contributed by atoms with Gasteiger partial charge in [-0.05, 0) is 17.9 Å². The van der Waals surface area contributed by atoms with Crippen LogP contribution in [0.25, 0.3) is 0 Å². The second-order valence-corrected chi connectivity index (χ2v) is 10.1. The molecule has 0 fully saturated rings. The summed E-state index contributed by atoms with van der Waals surface area (Å²) in [5, 5.41) is 36.3. The van der Waals surface area contributed by atoms with Gasteiger partial charge in [0.15, 0.2) is 5.78 Å². The summed E-state index contributed by atoms with van der Waals surface area (Å²) in [7, 11) is 0. The van der Waals surface area contributed by atoms with Crippen molar-refractivity contribution in [3.8, 4) is 0 Å². The third kappa shape index (κ3) is 14.0. The molecule has 17 heteroatoms. The van der Waals surface area contributed by atoms with E-state index in [1.807, 2.05) is 0 Å². The van der Waals surface area contributed by atoms with E-state index in [0.717, 1.165) is 0 Å². The minimum absolute atomic E-state index is 0.194. The molecule has 44 heavy (non-hydrogen) atoms. The second-order valence-electron chi connectivity index (χ2n) is 9.84. The number of carbonyl (C=O) groups is 8. The van der Waals surface area contributed by atoms with Crippen LogP contribution in [-0.4, -0.2) is 92.9 Å². The van der Waals surface area contributed by atoms with Crippen molar-refractivity contribution in [3.05, 3.63) is 35.9 Å². The molecule has 1 aromatic carbocycles. The zero-order valence-corrected chi connectivity index (χ0v) is 24.7. The van der Waals surface area contributed by atoms with E-state index in [9.17, 15) is 43.5 Å². The quantitative estimate of drug-likeness (QED) is 0.0985. The molecular formula is C27H35ClN4O12. The monoisotopic (exact) mass is 642 g/mol. The summed E-state index contributed by atoms with van der Waals surface area (Å²) in [5.41, 5.74) is 0.609. The number of carboxylic acid groups (broad SMARTS) is 3. The summed E-state index contributed by atoms with van der Waals surface area (Å²) in [5.74, 6) is -9.41. The molecule has 0 heterocycles. The van der Waals surface area contributed by atoms with E-state index in [0.29, 0.717) is 5.56 Å². The first-order chi connectivity index (χ1) is 20.6. The molecular weight excluding hydrogens is 608 g/mol. The second kappa shape index (κ2) is 18.7. The van der Waals surface area contributed by atoms with Crippen LogP contribution in [0.5, 0.6) is 0 Å². The van der Waals surface area contributed by atoms with Gasteiger partial charge in [0.05, 0.1) is 24.8 Å². The van der Waals surface area contributed by atoms with Gasteiger partial charge in [0.1, 0.15) is 24.7 Å². The lowest BCUT2D eigenvalue weighted by Gasteiger charge is -2.27. The van der Waals surface area contributed by atoms with E-state index < -0.39 is 109 Å². The van der Waals surface area contributed by atoms with Gasteiger partial charge < -0.3 is 41.3 Å². The highest BCUT2D eigenvalue weighted by atomic mass is 35.5. The number of ketones is 1. The fourth-order valence-electron chi connectivity index (χ4n) is 3.66. The van der Waals surface area contributed by atoms with Crippen molar-refractivity contribution in [2.75, 3.05) is 5.88 Å². The minimum atomic E-state index is -1.74. The summed E-state index contributed by atoms with van der Waals surface area (Å²) >= 11 is 5.50. The first kappa shape index (κ1) is 37.3. The van der Waals surface area contributed by atoms with Crippen molar-refractivity contribution >= 4 is 59.1 Å². The number of nitrogens with one attached hydrogen (secondary N) is 4. The van der Waals surface area contributed by atoms with Gasteiger partial charge in [-0.1, -0.05) is 44.2 Å². The molecule has 0 aliphatic heterocycles. The molecule has 0 aliphatic carbocycles. The van der Waals surface area contributed by atoms with E-state index in [1.165, 1.54) is 13.8 Å². The molecule has 1 aromatic rings. The zero-order valence-electron chi connectivity index (χ0n) is 23.9. The van der Waals surface area contributed by atoms with Crippen molar-refractivity contribution in [1.82, 2.24) is 21.3 Å². The number of benzene rings is 1. The largest absolute Gasteiger partial charge is 0.481 e. The average Bonchev–Trinajstić information content (AvgIpc) is 2.95. The maximum Gasteiger partial charge on any atom is 0.408 e. The van der Waals surface area contributed by atoms with Crippen LogP contribution in [0.4, 0.5) is 4.79 Å². The number of alkyl carbamates (subject to hydrolysis) is 1. The van der Waals surface area contributed by atoms with E-state index in [4.69, 9.17) is 26.6 Å². The lowest BCUT2D eigenvalue weighted by molar-refractivity contribution is -0.141. The number of hydrogen-bond donors (Lipinski definition) is 7. The van der Waals surface area contributed by atoms with Crippen LogP contribution >= 0.6 is 11.6 Å². The number of Topliss-reactive ketones (excluding diaryl/α,β-unsaturated/α-hetero) is 1. The lowest BCUT2D eigenvalue weighted by atomic mass is 10.0. The molecule has 242 valence electrons. The van der Waals surface area contributed by atoms with Gasteiger partial charge in [0, 0.05) is 6.42 Å². The normalized spacial score (nSPS) is 13.4. The molecule has 0 unspecified atom stereocenters. The number of alkyl halides is 1. The first-order valence-electron chi connectivity index (χ1n) is 13.3. The Morgan fingerprint density at radius 3 is 1.80 bits per heavy atom. The van der Waals surface area contributed by atoms with Gasteiger partial charge in [0.25, 0.3) is 0 Å². The first-order valence-corrected chi connectivity index (χ1v) is 13.8. The van der Waals surface area contributed by atoms with Crippen LogP contribution < -0.4 is 21.3 Å². The summed E-state index contributed by atoms with van der Waals surface area (Å²) in [6.45, 7) is 2.83. The van der Waals surface area contributed by atoms with Gasteiger partial charge >= 0.3 is 24.0 Å². The molecule has 4 atom stereocenters. The number of carbonyl (C=O) groups excluding carboxylic acids is 5. The standard InChI is InChI=1S/C27H35ClN4O12/c1-14(2)23(26(42)30-17(10-21(36)37)19(33)12-28)32-24(40)16(8-9-20(34)35)29-25(41)18(11-22(38)39)31-27(43)44-13-15-6-4-3-5-7-15/h3-7,14,16-18,23H,8-13H2,1-2H3,(H,29,41)(H,30,42)(H,31,43)(H,32,40)(H,34,35)(H,36,37)(H,38,39)/t16-,17-,18+,23-/m0/s1. The van der Waals surface area contributed by atoms with Crippen molar-refractivity contribution < 1.29 is 58.4 Å². The highest BCUT2D eigenvalue weighted by molar-refractivity contribution is 6.28. The van der Waals surface area contributed by atoms with Gasteiger partial charge in [-0.3, -0.25) is 33.6 Å². The predicted molar refractivity (Wildman–Crippen MR) is 151 cm³/mol.